The van der Waals surface area contributed by atoms with E-state index in [4.69, 9.17) is 5.11 Å². The summed E-state index contributed by atoms with van der Waals surface area (Å²) in [6, 6.07) is 0.641. The summed E-state index contributed by atoms with van der Waals surface area (Å²) < 4.78 is 40.2. The van der Waals surface area contributed by atoms with Crippen molar-refractivity contribution < 1.29 is 32.7 Å². The molecule has 0 aliphatic carbocycles. The molecule has 0 atom stereocenters. The molecule has 0 saturated heterocycles. The highest BCUT2D eigenvalue weighted by Crippen LogP contribution is 2.31. The molecule has 1 aromatic rings. The minimum absolute atomic E-state index is 0.414. The fourth-order valence-electron chi connectivity index (χ4n) is 1.35. The van der Waals surface area contributed by atoms with Gasteiger partial charge in [-0.1, -0.05) is 0 Å². The van der Waals surface area contributed by atoms with Crippen LogP contribution in [0.25, 0.3) is 0 Å². The van der Waals surface area contributed by atoms with E-state index >= 15 is 0 Å². The van der Waals surface area contributed by atoms with Crippen LogP contribution in [-0.2, 0) is 11.2 Å². The van der Waals surface area contributed by atoms with E-state index in [1.54, 1.807) is 0 Å². The lowest BCUT2D eigenvalue weighted by molar-refractivity contribution is -0.389. The lowest BCUT2D eigenvalue weighted by atomic mass is 10.1. The topological polar surface area (TPSA) is 103 Å². The third-order valence-electron chi connectivity index (χ3n) is 1.95. The van der Waals surface area contributed by atoms with Gasteiger partial charge < -0.3 is 20.0 Å². The maximum absolute atomic E-state index is 12.2. The fraction of sp³-hybridized carbons (Fsp3) is 0.333. The maximum Gasteiger partial charge on any atom is 0.573 e. The molecule has 0 spiro atoms. The second-order valence-corrected chi connectivity index (χ2v) is 3.43. The molecule has 0 aliphatic heterocycles. The molecule has 7 nitrogen and oxygen atoms in total. The monoisotopic (exact) mass is 280 g/mol. The van der Waals surface area contributed by atoms with Crippen LogP contribution < -0.4 is 4.74 Å². The smallest absolute Gasteiger partial charge is 0.481 e. The van der Waals surface area contributed by atoms with Crippen molar-refractivity contribution in [3.63, 3.8) is 0 Å². The van der Waals surface area contributed by atoms with Gasteiger partial charge in [-0.05, 0) is 9.91 Å². The number of alkyl halides is 3. The molecule has 0 amide bonds. The first-order valence-corrected chi connectivity index (χ1v) is 4.72. The molecule has 10 heteroatoms. The number of hydrogen-bond acceptors (Lipinski definition) is 5. The Morgan fingerprint density at radius 1 is 1.58 bits per heavy atom. The molecule has 1 N–H and O–H groups in total. The van der Waals surface area contributed by atoms with Gasteiger partial charge in [0.05, 0.1) is 6.42 Å². The standard InChI is InChI=1S/C9H7F3N2O5/c1-4-8(19-9(10,11)12)5(3-7(15)16)2-6(13-4)14(17)18/h2H,3H2,1H3,(H,15,16). The summed E-state index contributed by atoms with van der Waals surface area (Å²) in [4.78, 5) is 23.4. The summed E-state index contributed by atoms with van der Waals surface area (Å²) in [5, 5.41) is 19.1. The predicted octanol–water partition coefficient (Wildman–Crippen LogP) is 1.82. The van der Waals surface area contributed by atoms with Gasteiger partial charge in [0.2, 0.25) is 0 Å². The number of ether oxygens (including phenoxy) is 1. The van der Waals surface area contributed by atoms with Crippen LogP contribution >= 0.6 is 0 Å². The average molecular weight is 280 g/mol. The summed E-state index contributed by atoms with van der Waals surface area (Å²) in [7, 11) is 0. The number of aliphatic carboxylic acids is 1. The number of aromatic nitrogens is 1. The second-order valence-electron chi connectivity index (χ2n) is 3.43. The van der Waals surface area contributed by atoms with Gasteiger partial charge in [0.1, 0.15) is 0 Å². The Balaban J connectivity index is 3.34. The van der Waals surface area contributed by atoms with E-state index in [0.717, 1.165) is 6.92 Å². The highest BCUT2D eigenvalue weighted by molar-refractivity contribution is 5.72. The molecule has 0 saturated carbocycles. The number of carboxylic acids is 1. The molecule has 0 aliphatic rings. The fourth-order valence-corrected chi connectivity index (χ4v) is 1.35. The predicted molar refractivity (Wildman–Crippen MR) is 53.7 cm³/mol. The largest absolute Gasteiger partial charge is 0.573 e. The lowest BCUT2D eigenvalue weighted by Crippen LogP contribution is -2.20. The molecule has 0 unspecified atom stereocenters. The number of nitrogens with zero attached hydrogens (tertiary/aromatic N) is 2. The number of pyridine rings is 1. The van der Waals surface area contributed by atoms with E-state index < -0.39 is 46.5 Å². The van der Waals surface area contributed by atoms with Crippen LogP contribution in [0.3, 0.4) is 0 Å². The number of nitro groups is 1. The molecule has 0 fully saturated rings. The Morgan fingerprint density at radius 3 is 2.58 bits per heavy atom. The van der Waals surface area contributed by atoms with Gasteiger partial charge in [0.15, 0.2) is 11.4 Å². The van der Waals surface area contributed by atoms with Crippen molar-refractivity contribution in [2.75, 3.05) is 0 Å². The summed E-state index contributed by atoms with van der Waals surface area (Å²) in [6.07, 6.45) is -5.90. The van der Waals surface area contributed by atoms with E-state index in [-0.39, 0.29) is 0 Å². The van der Waals surface area contributed by atoms with Crippen LogP contribution in [0.1, 0.15) is 11.3 Å². The summed E-state index contributed by atoms with van der Waals surface area (Å²) >= 11 is 0. The molecule has 19 heavy (non-hydrogen) atoms. The zero-order valence-electron chi connectivity index (χ0n) is 9.39. The van der Waals surface area contributed by atoms with E-state index in [9.17, 15) is 28.1 Å². The molecular weight excluding hydrogens is 273 g/mol. The van der Waals surface area contributed by atoms with Crippen LogP contribution in [-0.4, -0.2) is 27.3 Å². The van der Waals surface area contributed by atoms with Gasteiger partial charge >= 0.3 is 18.1 Å². The molecule has 0 radical (unpaired) electrons. The van der Waals surface area contributed by atoms with E-state index in [2.05, 4.69) is 9.72 Å². The number of hydrogen-bond donors (Lipinski definition) is 1. The van der Waals surface area contributed by atoms with Crippen molar-refractivity contribution in [3.05, 3.63) is 27.4 Å². The van der Waals surface area contributed by atoms with Gasteiger partial charge in [-0.25, -0.2) is 0 Å². The van der Waals surface area contributed by atoms with Crippen LogP contribution in [0.4, 0.5) is 19.0 Å². The van der Waals surface area contributed by atoms with Crippen molar-refractivity contribution in [3.8, 4) is 5.75 Å². The zero-order chi connectivity index (χ0) is 14.8. The van der Waals surface area contributed by atoms with Gasteiger partial charge in [-0.15, -0.1) is 13.2 Å². The molecule has 0 aromatic carbocycles. The van der Waals surface area contributed by atoms with Crippen molar-refractivity contribution >= 4 is 11.8 Å². The first-order valence-electron chi connectivity index (χ1n) is 4.72. The number of carbonyl (C=O) groups is 1. The van der Waals surface area contributed by atoms with Gasteiger partial charge in [0, 0.05) is 18.6 Å². The Kier molecular flexibility index (Phi) is 3.92. The number of halogens is 3. The van der Waals surface area contributed by atoms with Gasteiger partial charge in [-0.3, -0.25) is 4.79 Å². The highest BCUT2D eigenvalue weighted by Gasteiger charge is 2.35. The van der Waals surface area contributed by atoms with Gasteiger partial charge in [-0.2, -0.15) is 0 Å². The molecule has 1 rings (SSSR count). The third-order valence-corrected chi connectivity index (χ3v) is 1.95. The normalized spacial score (nSPS) is 11.2. The molecule has 1 aromatic heterocycles. The Morgan fingerprint density at radius 2 is 2.16 bits per heavy atom. The van der Waals surface area contributed by atoms with Crippen molar-refractivity contribution in [1.29, 1.82) is 0 Å². The zero-order valence-corrected chi connectivity index (χ0v) is 9.39. The Labute approximate surface area is 103 Å². The first kappa shape index (κ1) is 14.7. The van der Waals surface area contributed by atoms with Crippen molar-refractivity contribution in [2.45, 2.75) is 19.7 Å². The van der Waals surface area contributed by atoms with E-state index in [1.165, 1.54) is 0 Å². The minimum Gasteiger partial charge on any atom is -0.481 e. The number of rotatable bonds is 4. The Bertz CT molecular complexity index is 529. The van der Waals surface area contributed by atoms with Crippen molar-refractivity contribution in [1.82, 2.24) is 4.98 Å². The Hall–Kier alpha value is -2.39. The lowest BCUT2D eigenvalue weighted by Gasteiger charge is -2.12. The average Bonchev–Trinajstić information content (AvgIpc) is 2.20. The van der Waals surface area contributed by atoms with Crippen LogP contribution in [0.5, 0.6) is 5.75 Å². The molecular formula is C9H7F3N2O5. The SMILES string of the molecule is Cc1nc([N+](=O)[O-])cc(CC(=O)O)c1OC(F)(F)F. The van der Waals surface area contributed by atoms with E-state index in [0.29, 0.717) is 6.07 Å². The quantitative estimate of drug-likeness (QED) is 0.666. The maximum atomic E-state index is 12.2. The van der Waals surface area contributed by atoms with Crippen LogP contribution in [0.2, 0.25) is 0 Å². The van der Waals surface area contributed by atoms with Crippen LogP contribution in [0.15, 0.2) is 6.07 Å². The second kappa shape index (κ2) is 5.08. The van der Waals surface area contributed by atoms with Crippen LogP contribution in [0, 0.1) is 17.0 Å². The highest BCUT2D eigenvalue weighted by atomic mass is 19.4. The number of aryl methyl sites for hydroxylation is 1. The third kappa shape index (κ3) is 4.08. The summed E-state index contributed by atoms with van der Waals surface area (Å²) in [5.74, 6) is -3.03. The summed E-state index contributed by atoms with van der Waals surface area (Å²) in [5.41, 5.74) is -0.883. The molecule has 0 bridgehead atoms. The first-order chi connectivity index (χ1) is 8.60. The van der Waals surface area contributed by atoms with Crippen molar-refractivity contribution in [2.24, 2.45) is 0 Å². The molecule has 1 heterocycles. The minimum atomic E-state index is -5.05. The van der Waals surface area contributed by atoms with Gasteiger partial charge in [0.25, 0.3) is 0 Å². The molecule has 104 valence electrons. The van der Waals surface area contributed by atoms with E-state index in [1.807, 2.05) is 0 Å². The number of carboxylic acid groups (broad SMARTS) is 1. The summed E-state index contributed by atoms with van der Waals surface area (Å²) in [6.45, 7) is 1.05.